The maximum absolute atomic E-state index is 13.2. The summed E-state index contributed by atoms with van der Waals surface area (Å²) in [6.45, 7) is 4.44. The number of nitrogens with zero attached hydrogens (tertiary/aromatic N) is 2. The molecule has 0 aromatic heterocycles. The van der Waals surface area contributed by atoms with Crippen molar-refractivity contribution in [3.63, 3.8) is 0 Å². The van der Waals surface area contributed by atoms with Crippen LogP contribution in [0.3, 0.4) is 0 Å². The van der Waals surface area contributed by atoms with E-state index in [1.807, 2.05) is 17.0 Å². The van der Waals surface area contributed by atoms with E-state index in [9.17, 15) is 9.18 Å². The molecule has 1 saturated heterocycles. The molecule has 3 nitrogen and oxygen atoms in total. The van der Waals surface area contributed by atoms with E-state index in [0.717, 1.165) is 44.7 Å². The summed E-state index contributed by atoms with van der Waals surface area (Å²) >= 11 is 0. The highest BCUT2D eigenvalue weighted by Crippen LogP contribution is 2.12. The second kappa shape index (κ2) is 8.77. The first-order chi connectivity index (χ1) is 12.2. The number of hydrogen-bond donors (Lipinski definition) is 0. The fraction of sp³-hybridized carbons (Fsp3) is 0.381. The van der Waals surface area contributed by atoms with Gasteiger partial charge in [0.1, 0.15) is 5.82 Å². The molecular weight excluding hydrogens is 315 g/mol. The van der Waals surface area contributed by atoms with Crippen LogP contribution in [-0.2, 0) is 17.8 Å². The van der Waals surface area contributed by atoms with Crippen LogP contribution in [0.4, 0.5) is 4.39 Å². The normalized spacial score (nSPS) is 15.8. The molecule has 1 amide bonds. The van der Waals surface area contributed by atoms with Crippen LogP contribution in [0.2, 0.25) is 0 Å². The summed E-state index contributed by atoms with van der Waals surface area (Å²) in [5.74, 6) is -0.0675. The molecule has 2 aromatic rings. The Bertz CT molecular complexity index is 689. The van der Waals surface area contributed by atoms with E-state index in [4.69, 9.17) is 0 Å². The van der Waals surface area contributed by atoms with Crippen molar-refractivity contribution in [2.24, 2.45) is 0 Å². The molecule has 0 N–H and O–H groups in total. The Morgan fingerprint density at radius 1 is 0.920 bits per heavy atom. The van der Waals surface area contributed by atoms with Crippen LogP contribution < -0.4 is 0 Å². The molecule has 3 rings (SSSR count). The molecule has 25 heavy (non-hydrogen) atoms. The van der Waals surface area contributed by atoms with Crippen LogP contribution in [0.15, 0.2) is 54.6 Å². The second-order valence-corrected chi connectivity index (χ2v) is 6.63. The third-order valence-electron chi connectivity index (χ3n) is 4.71. The van der Waals surface area contributed by atoms with Gasteiger partial charge >= 0.3 is 0 Å². The van der Waals surface area contributed by atoms with Gasteiger partial charge in [-0.1, -0.05) is 42.5 Å². The van der Waals surface area contributed by atoms with Crippen LogP contribution >= 0.6 is 0 Å². The van der Waals surface area contributed by atoms with Gasteiger partial charge in [0.2, 0.25) is 5.91 Å². The Hall–Kier alpha value is -2.20. The molecule has 0 unspecified atom stereocenters. The summed E-state index contributed by atoms with van der Waals surface area (Å²) in [4.78, 5) is 16.9. The summed E-state index contributed by atoms with van der Waals surface area (Å²) in [6, 6.07) is 17.0. The Balaban J connectivity index is 1.48. The van der Waals surface area contributed by atoms with Gasteiger partial charge < -0.3 is 4.90 Å². The number of benzene rings is 2. The standard InChI is InChI=1S/C21H25FN2O/c22-20-9-4-8-18(16-20)10-11-21(25)24-13-5-12-23(14-15-24)17-19-6-2-1-3-7-19/h1-4,6-9,16H,5,10-15,17H2. The maximum Gasteiger partial charge on any atom is 0.222 e. The second-order valence-electron chi connectivity index (χ2n) is 6.63. The Labute approximate surface area is 149 Å². The molecule has 4 heteroatoms. The van der Waals surface area contributed by atoms with E-state index in [-0.39, 0.29) is 11.7 Å². The summed E-state index contributed by atoms with van der Waals surface area (Å²) in [5.41, 5.74) is 2.20. The predicted molar refractivity (Wildman–Crippen MR) is 97.6 cm³/mol. The van der Waals surface area contributed by atoms with Crippen molar-refractivity contribution < 1.29 is 9.18 Å². The zero-order chi connectivity index (χ0) is 17.5. The lowest BCUT2D eigenvalue weighted by molar-refractivity contribution is -0.131. The minimum atomic E-state index is -0.240. The Morgan fingerprint density at radius 3 is 2.52 bits per heavy atom. The molecule has 0 saturated carbocycles. The van der Waals surface area contributed by atoms with Gasteiger partial charge in [-0.3, -0.25) is 9.69 Å². The van der Waals surface area contributed by atoms with Crippen molar-refractivity contribution in [1.29, 1.82) is 0 Å². The number of carbonyl (C=O) groups excluding carboxylic acids is 1. The average Bonchev–Trinajstić information content (AvgIpc) is 2.86. The summed E-state index contributed by atoms with van der Waals surface area (Å²) < 4.78 is 13.2. The number of aryl methyl sites for hydroxylation is 1. The van der Waals surface area contributed by atoms with E-state index < -0.39 is 0 Å². The topological polar surface area (TPSA) is 23.6 Å². The number of carbonyl (C=O) groups is 1. The van der Waals surface area contributed by atoms with E-state index in [0.29, 0.717) is 12.8 Å². The van der Waals surface area contributed by atoms with Gasteiger partial charge in [-0.15, -0.1) is 0 Å². The average molecular weight is 340 g/mol. The highest BCUT2D eigenvalue weighted by atomic mass is 19.1. The quantitative estimate of drug-likeness (QED) is 0.832. The maximum atomic E-state index is 13.2. The fourth-order valence-corrected chi connectivity index (χ4v) is 3.32. The van der Waals surface area contributed by atoms with Crippen LogP contribution in [-0.4, -0.2) is 41.9 Å². The van der Waals surface area contributed by atoms with Crippen molar-refractivity contribution in [3.05, 3.63) is 71.5 Å². The lowest BCUT2D eigenvalue weighted by Gasteiger charge is -2.22. The molecule has 1 aliphatic heterocycles. The highest BCUT2D eigenvalue weighted by Gasteiger charge is 2.19. The van der Waals surface area contributed by atoms with Crippen LogP contribution in [0.25, 0.3) is 0 Å². The monoisotopic (exact) mass is 340 g/mol. The molecule has 2 aromatic carbocycles. The van der Waals surface area contributed by atoms with Gasteiger partial charge in [-0.2, -0.15) is 0 Å². The first kappa shape index (κ1) is 17.6. The Kier molecular flexibility index (Phi) is 6.18. The van der Waals surface area contributed by atoms with Crippen molar-refractivity contribution in [3.8, 4) is 0 Å². The minimum Gasteiger partial charge on any atom is -0.341 e. The van der Waals surface area contributed by atoms with Crippen molar-refractivity contribution in [1.82, 2.24) is 9.80 Å². The third-order valence-corrected chi connectivity index (χ3v) is 4.71. The van der Waals surface area contributed by atoms with E-state index in [1.54, 1.807) is 6.07 Å². The predicted octanol–water partition coefficient (Wildman–Crippen LogP) is 3.49. The number of amides is 1. The summed E-state index contributed by atoms with van der Waals surface area (Å²) in [7, 11) is 0. The molecule has 132 valence electrons. The number of hydrogen-bond acceptors (Lipinski definition) is 2. The van der Waals surface area contributed by atoms with Gasteiger partial charge in [-0.25, -0.2) is 4.39 Å². The van der Waals surface area contributed by atoms with Crippen LogP contribution in [0.5, 0.6) is 0 Å². The van der Waals surface area contributed by atoms with Crippen molar-refractivity contribution in [2.45, 2.75) is 25.8 Å². The van der Waals surface area contributed by atoms with Crippen molar-refractivity contribution >= 4 is 5.91 Å². The summed E-state index contributed by atoms with van der Waals surface area (Å²) in [6.07, 6.45) is 2.04. The van der Waals surface area contributed by atoms with Gasteiger partial charge in [0, 0.05) is 39.1 Å². The molecule has 1 fully saturated rings. The number of halogens is 1. The number of rotatable bonds is 5. The van der Waals surface area contributed by atoms with Crippen molar-refractivity contribution in [2.75, 3.05) is 26.2 Å². The van der Waals surface area contributed by atoms with E-state index >= 15 is 0 Å². The van der Waals surface area contributed by atoms with Gasteiger partial charge in [0.05, 0.1) is 0 Å². The third kappa shape index (κ3) is 5.40. The molecule has 0 bridgehead atoms. The molecule has 0 spiro atoms. The zero-order valence-electron chi connectivity index (χ0n) is 14.5. The van der Waals surface area contributed by atoms with Gasteiger partial charge in [0.15, 0.2) is 0 Å². The molecule has 0 radical (unpaired) electrons. The lowest BCUT2D eigenvalue weighted by Crippen LogP contribution is -2.35. The first-order valence-electron chi connectivity index (χ1n) is 8.99. The lowest BCUT2D eigenvalue weighted by atomic mass is 10.1. The highest BCUT2D eigenvalue weighted by molar-refractivity contribution is 5.76. The van der Waals surface area contributed by atoms with E-state index in [1.165, 1.54) is 17.7 Å². The largest absolute Gasteiger partial charge is 0.341 e. The SMILES string of the molecule is O=C(CCc1cccc(F)c1)N1CCCN(Cc2ccccc2)CC1. The van der Waals surface area contributed by atoms with Gasteiger partial charge in [-0.05, 0) is 36.1 Å². The molecular formula is C21H25FN2O. The smallest absolute Gasteiger partial charge is 0.222 e. The molecule has 1 aliphatic rings. The first-order valence-corrected chi connectivity index (χ1v) is 8.99. The summed E-state index contributed by atoms with van der Waals surface area (Å²) in [5, 5.41) is 0. The van der Waals surface area contributed by atoms with E-state index in [2.05, 4.69) is 29.2 Å². The van der Waals surface area contributed by atoms with Crippen LogP contribution in [0.1, 0.15) is 24.0 Å². The molecule has 0 aliphatic carbocycles. The fourth-order valence-electron chi connectivity index (χ4n) is 3.32. The zero-order valence-corrected chi connectivity index (χ0v) is 14.5. The molecule has 0 atom stereocenters. The minimum absolute atomic E-state index is 0.172. The molecule has 1 heterocycles. The van der Waals surface area contributed by atoms with Crippen LogP contribution in [0, 0.1) is 5.82 Å². The Morgan fingerprint density at radius 2 is 1.72 bits per heavy atom. The van der Waals surface area contributed by atoms with Gasteiger partial charge in [0.25, 0.3) is 0 Å².